The van der Waals surface area contributed by atoms with Crippen LogP contribution in [0.3, 0.4) is 0 Å². The molecule has 0 unspecified atom stereocenters. The van der Waals surface area contributed by atoms with E-state index in [1.54, 1.807) is 18.2 Å². The van der Waals surface area contributed by atoms with Crippen molar-refractivity contribution in [3.8, 4) is 0 Å². The van der Waals surface area contributed by atoms with Crippen molar-refractivity contribution in [2.45, 2.75) is 78.3 Å². The second-order valence-corrected chi connectivity index (χ2v) is 12.5. The van der Waals surface area contributed by atoms with Gasteiger partial charge in [-0.25, -0.2) is 8.42 Å². The fourth-order valence-electron chi connectivity index (χ4n) is 5.38. The summed E-state index contributed by atoms with van der Waals surface area (Å²) in [6.45, 7) is 12.0. The van der Waals surface area contributed by atoms with Crippen molar-refractivity contribution in [2.75, 3.05) is 10.5 Å². The fourth-order valence-corrected chi connectivity index (χ4v) is 7.26. The van der Waals surface area contributed by atoms with E-state index in [2.05, 4.69) is 4.72 Å². The monoisotopic (exact) mass is 435 g/mol. The highest BCUT2D eigenvalue weighted by Crippen LogP contribution is 2.64. The number of hydrogen-bond acceptors (Lipinski definition) is 5. The lowest BCUT2D eigenvalue weighted by atomic mass is 9.70. The van der Waals surface area contributed by atoms with Crippen molar-refractivity contribution in [3.05, 3.63) is 29.8 Å². The summed E-state index contributed by atoms with van der Waals surface area (Å²) in [6, 6.07) is 7.11. The summed E-state index contributed by atoms with van der Waals surface area (Å²) in [5, 5.41) is 0. The molecule has 3 aliphatic rings. The minimum Gasteiger partial charge on any atom is -0.339 e. The van der Waals surface area contributed by atoms with Crippen molar-refractivity contribution in [1.82, 2.24) is 0 Å². The summed E-state index contributed by atoms with van der Waals surface area (Å²) >= 11 is 0. The topological polar surface area (TPSA) is 81.7 Å². The van der Waals surface area contributed by atoms with E-state index in [1.807, 2.05) is 47.6 Å². The van der Waals surface area contributed by atoms with Crippen molar-refractivity contribution >= 4 is 21.5 Å². The van der Waals surface area contributed by atoms with Gasteiger partial charge in [0.2, 0.25) is 10.0 Å². The molecule has 0 radical (unpaired) electrons. The maximum Gasteiger partial charge on any atom is 0.233 e. The molecule has 3 fully saturated rings. The van der Waals surface area contributed by atoms with Gasteiger partial charge >= 0.3 is 0 Å². The van der Waals surface area contributed by atoms with E-state index >= 15 is 0 Å². The predicted molar refractivity (Wildman–Crippen MR) is 115 cm³/mol. The zero-order valence-corrected chi connectivity index (χ0v) is 19.6. The molecule has 4 rings (SSSR count). The fraction of sp³-hybridized carbons (Fsp3) is 0.696. The molecule has 166 valence electrons. The van der Waals surface area contributed by atoms with Gasteiger partial charge in [-0.05, 0) is 64.0 Å². The Labute approximate surface area is 179 Å². The van der Waals surface area contributed by atoms with Crippen molar-refractivity contribution in [1.29, 1.82) is 0 Å². The molecule has 1 aromatic carbocycles. The number of Topliss-reactive ketones (excluding diaryl/α,β-unsaturated/α-hetero) is 1. The van der Waals surface area contributed by atoms with Gasteiger partial charge in [-0.3, -0.25) is 9.52 Å². The van der Waals surface area contributed by atoms with Crippen LogP contribution in [0, 0.1) is 16.7 Å². The summed E-state index contributed by atoms with van der Waals surface area (Å²) in [7, 11) is -3.70. The number of anilines is 1. The lowest BCUT2D eigenvalue weighted by Crippen LogP contribution is -2.43. The lowest BCUT2D eigenvalue weighted by Gasteiger charge is -2.36. The first-order chi connectivity index (χ1) is 13.7. The van der Waals surface area contributed by atoms with Crippen molar-refractivity contribution in [3.63, 3.8) is 0 Å². The summed E-state index contributed by atoms with van der Waals surface area (Å²) in [5.74, 6) is 0.218. The average Bonchev–Trinajstić information content (AvgIpc) is 3.05. The maximum absolute atomic E-state index is 13.1. The number of nitrogens with one attached hydrogen (secondary N) is 1. The number of fused-ring (bicyclic) bond motifs is 2. The van der Waals surface area contributed by atoms with Gasteiger partial charge in [0.05, 0.1) is 22.4 Å². The number of rotatable bonds is 5. The van der Waals surface area contributed by atoms with Gasteiger partial charge in [0.25, 0.3) is 0 Å². The molecule has 2 saturated carbocycles. The molecule has 1 aromatic rings. The van der Waals surface area contributed by atoms with Gasteiger partial charge in [0.1, 0.15) is 5.78 Å². The molecule has 1 heterocycles. The molecule has 1 aliphatic heterocycles. The van der Waals surface area contributed by atoms with Crippen LogP contribution in [0.15, 0.2) is 24.3 Å². The molecule has 2 bridgehead atoms. The Morgan fingerprint density at radius 2 is 1.70 bits per heavy atom. The summed E-state index contributed by atoms with van der Waals surface area (Å²) < 4.78 is 41.0. The normalized spacial score (nSPS) is 31.9. The SMILES string of the molecule is CC1(C)OC(c2cccc(NS(=O)(=O)C[C@]34CC[C@H](CC3=O)C4(C)C)c2)OC1(C)C. The molecule has 7 heteroatoms. The van der Waals surface area contributed by atoms with E-state index in [9.17, 15) is 13.2 Å². The molecule has 2 aliphatic carbocycles. The number of hydrogen-bond donors (Lipinski definition) is 1. The van der Waals surface area contributed by atoms with E-state index in [4.69, 9.17) is 9.47 Å². The average molecular weight is 436 g/mol. The second-order valence-electron chi connectivity index (χ2n) is 10.7. The number of carbonyl (C=O) groups excluding carboxylic acids is 1. The molecule has 2 atom stereocenters. The summed E-state index contributed by atoms with van der Waals surface area (Å²) in [6.07, 6.45) is 1.51. The number of benzene rings is 1. The Morgan fingerprint density at radius 3 is 2.23 bits per heavy atom. The van der Waals surface area contributed by atoms with Crippen molar-refractivity contribution in [2.24, 2.45) is 16.7 Å². The number of carbonyl (C=O) groups is 1. The van der Waals surface area contributed by atoms with Gasteiger partial charge in [-0.1, -0.05) is 26.0 Å². The molecular weight excluding hydrogens is 402 g/mol. The third-order valence-electron chi connectivity index (χ3n) is 8.26. The number of ketones is 1. The van der Waals surface area contributed by atoms with Crippen LogP contribution in [0.5, 0.6) is 0 Å². The molecule has 30 heavy (non-hydrogen) atoms. The van der Waals surface area contributed by atoms with Gasteiger partial charge in [-0.15, -0.1) is 0 Å². The Kier molecular flexibility index (Phi) is 4.74. The first kappa shape index (κ1) is 21.8. The Bertz CT molecular complexity index is 965. The zero-order valence-electron chi connectivity index (χ0n) is 18.7. The largest absolute Gasteiger partial charge is 0.339 e. The van der Waals surface area contributed by atoms with Crippen LogP contribution in [0.4, 0.5) is 5.69 Å². The predicted octanol–water partition coefficient (Wildman–Crippen LogP) is 4.43. The lowest BCUT2D eigenvalue weighted by molar-refractivity contribution is -0.128. The maximum atomic E-state index is 13.1. The molecule has 1 saturated heterocycles. The number of sulfonamides is 1. The first-order valence-corrected chi connectivity index (χ1v) is 12.3. The third-order valence-corrected chi connectivity index (χ3v) is 9.68. The summed E-state index contributed by atoms with van der Waals surface area (Å²) in [4.78, 5) is 12.7. The van der Waals surface area contributed by atoms with Crippen LogP contribution in [0.1, 0.15) is 72.7 Å². The highest BCUT2D eigenvalue weighted by molar-refractivity contribution is 7.92. The van der Waals surface area contributed by atoms with E-state index in [1.165, 1.54) is 0 Å². The molecule has 0 amide bonds. The highest BCUT2D eigenvalue weighted by atomic mass is 32.2. The van der Waals surface area contributed by atoms with Gasteiger partial charge < -0.3 is 9.47 Å². The zero-order chi connectivity index (χ0) is 22.2. The summed E-state index contributed by atoms with van der Waals surface area (Å²) in [5.41, 5.74) is -0.808. The molecule has 0 aromatic heterocycles. The highest BCUT2D eigenvalue weighted by Gasteiger charge is 2.65. The Morgan fingerprint density at radius 1 is 1.07 bits per heavy atom. The Balaban J connectivity index is 1.54. The van der Waals surface area contributed by atoms with Crippen LogP contribution in [-0.4, -0.2) is 31.2 Å². The molecule has 0 spiro atoms. The van der Waals surface area contributed by atoms with E-state index < -0.39 is 32.9 Å². The molecule has 1 N–H and O–H groups in total. The quantitative estimate of drug-likeness (QED) is 0.740. The minimum absolute atomic E-state index is 0.0973. The van der Waals surface area contributed by atoms with Crippen LogP contribution >= 0.6 is 0 Å². The van der Waals surface area contributed by atoms with Gasteiger partial charge in [0.15, 0.2) is 6.29 Å². The van der Waals surface area contributed by atoms with E-state index in [0.717, 1.165) is 12.0 Å². The first-order valence-electron chi connectivity index (χ1n) is 10.7. The van der Waals surface area contributed by atoms with Crippen molar-refractivity contribution < 1.29 is 22.7 Å². The second kappa shape index (κ2) is 6.53. The van der Waals surface area contributed by atoms with Crippen LogP contribution in [0.2, 0.25) is 0 Å². The third kappa shape index (κ3) is 3.21. The Hall–Kier alpha value is -1.44. The number of ether oxygens (including phenoxy) is 2. The standard InChI is InChI=1S/C23H33NO5S/c1-20(2)16-10-11-23(20,18(25)13-16)14-30(26,27)24-17-9-7-8-15(12-17)19-28-21(3,4)22(5,6)29-19/h7-9,12,16,19,24H,10-11,13-14H2,1-6H3/t16-,23-/m1/s1. The van der Waals surface area contributed by atoms with Crippen LogP contribution in [-0.2, 0) is 24.3 Å². The van der Waals surface area contributed by atoms with E-state index in [-0.39, 0.29) is 22.9 Å². The molecule has 6 nitrogen and oxygen atoms in total. The minimum atomic E-state index is -3.70. The van der Waals surface area contributed by atoms with Gasteiger partial charge in [-0.2, -0.15) is 0 Å². The van der Waals surface area contributed by atoms with Crippen LogP contribution < -0.4 is 4.72 Å². The molecular formula is C23H33NO5S. The van der Waals surface area contributed by atoms with Crippen LogP contribution in [0.25, 0.3) is 0 Å². The smallest absolute Gasteiger partial charge is 0.233 e. The van der Waals surface area contributed by atoms with E-state index in [0.29, 0.717) is 18.5 Å². The van der Waals surface area contributed by atoms with Gasteiger partial charge in [0, 0.05) is 17.7 Å².